The van der Waals surface area contributed by atoms with Gasteiger partial charge in [-0.1, -0.05) is 34.6 Å². The molecule has 0 unspecified atom stereocenters. The van der Waals surface area contributed by atoms with E-state index in [1.807, 2.05) is 0 Å². The first-order valence-electron chi connectivity index (χ1n) is 16.5. The van der Waals surface area contributed by atoms with E-state index in [1.54, 1.807) is 6.92 Å². The lowest BCUT2D eigenvalue weighted by atomic mass is 9.44. The third-order valence-electron chi connectivity index (χ3n) is 13.5. The third kappa shape index (κ3) is 4.07. The molecule has 0 bridgehead atoms. The van der Waals surface area contributed by atoms with E-state index in [0.717, 1.165) is 32.1 Å². The Morgan fingerprint density at radius 1 is 0.902 bits per heavy atom. The zero-order chi connectivity index (χ0) is 29.2. The molecule has 0 aromatic rings. The maximum absolute atomic E-state index is 13.6. The highest BCUT2D eigenvalue weighted by Crippen LogP contribution is 2.70. The van der Waals surface area contributed by atoms with Crippen LogP contribution >= 0.6 is 0 Å². The maximum atomic E-state index is 13.6. The van der Waals surface area contributed by atoms with Crippen LogP contribution in [0.25, 0.3) is 0 Å². The predicted molar refractivity (Wildman–Crippen MR) is 149 cm³/mol. The molecule has 4 aliphatic carbocycles. The average molecular weight is 577 g/mol. The Kier molecular flexibility index (Phi) is 6.88. The normalized spacial score (nSPS) is 60.2. The fourth-order valence-electron chi connectivity index (χ4n) is 11.8. The molecule has 8 nitrogen and oxygen atoms in total. The summed E-state index contributed by atoms with van der Waals surface area (Å²) >= 11 is 0. The van der Waals surface area contributed by atoms with E-state index in [2.05, 4.69) is 34.6 Å². The van der Waals surface area contributed by atoms with Crippen molar-refractivity contribution in [3.8, 4) is 0 Å². The molecule has 7 aliphatic rings. The Morgan fingerprint density at radius 2 is 1.63 bits per heavy atom. The molecule has 41 heavy (non-hydrogen) atoms. The van der Waals surface area contributed by atoms with Crippen molar-refractivity contribution >= 4 is 5.78 Å². The van der Waals surface area contributed by atoms with Crippen molar-refractivity contribution in [2.75, 3.05) is 0 Å². The fraction of sp³-hybridized carbons (Fsp3) is 0.970. The van der Waals surface area contributed by atoms with Crippen LogP contribution in [-0.4, -0.2) is 75.9 Å². The van der Waals surface area contributed by atoms with Gasteiger partial charge in [0.05, 0.1) is 18.3 Å². The quantitative estimate of drug-likeness (QED) is 0.432. The molecule has 0 amide bonds. The molecular weight excluding hydrogens is 524 g/mol. The van der Waals surface area contributed by atoms with Gasteiger partial charge in [-0.2, -0.15) is 0 Å². The average Bonchev–Trinajstić information content (AvgIpc) is 3.21. The number of ether oxygens (including phenoxy) is 4. The van der Waals surface area contributed by atoms with Gasteiger partial charge in [0.15, 0.2) is 12.1 Å². The van der Waals surface area contributed by atoms with E-state index in [0.29, 0.717) is 54.6 Å². The summed E-state index contributed by atoms with van der Waals surface area (Å²) in [5, 5.41) is 32.0. The minimum Gasteiger partial charge on any atom is -0.393 e. The number of fused-ring (bicyclic) bond motifs is 8. The second-order valence-electron chi connectivity index (χ2n) is 16.1. The van der Waals surface area contributed by atoms with Crippen molar-refractivity contribution < 1.29 is 39.1 Å². The Balaban J connectivity index is 1.18. The number of carbonyl (C=O) groups excluding carboxylic acids is 1. The lowest BCUT2D eigenvalue weighted by Crippen LogP contribution is -2.71. The van der Waals surface area contributed by atoms with Gasteiger partial charge in [0.25, 0.3) is 0 Å². The summed E-state index contributed by atoms with van der Waals surface area (Å²) in [4.78, 5) is 13.6. The van der Waals surface area contributed by atoms with Gasteiger partial charge in [-0.05, 0) is 91.8 Å². The standard InChI is InChI=1S/C33H52O8/c1-15(2)29-33(41-28-27(37)26(36)17(4)38-30(28)39-29)14-16(3)25-24(40-33)13-21-19-12-23(35)22-11-18(34)7-9-31(22,5)20(19)8-10-32(21,25)6/h15-22,24-30,34,36-37H,7-14H2,1-6H3/t16-,17-,18+,19-,20+,21+,22-,24+,25+,26+,27+,28-,29+,30+,31-,32+,33-/m1/s1. The van der Waals surface area contributed by atoms with Gasteiger partial charge >= 0.3 is 0 Å². The van der Waals surface area contributed by atoms with Gasteiger partial charge in [0, 0.05) is 18.8 Å². The summed E-state index contributed by atoms with van der Waals surface area (Å²) in [5.41, 5.74) is 0.0736. The Morgan fingerprint density at radius 3 is 2.37 bits per heavy atom. The first-order valence-corrected chi connectivity index (χ1v) is 16.5. The molecule has 17 atom stereocenters. The largest absolute Gasteiger partial charge is 0.393 e. The van der Waals surface area contributed by atoms with Crippen molar-refractivity contribution in [2.24, 2.45) is 52.3 Å². The van der Waals surface area contributed by atoms with Crippen molar-refractivity contribution in [3.05, 3.63) is 0 Å². The number of hydrogen-bond donors (Lipinski definition) is 3. The molecule has 3 aliphatic heterocycles. The molecule has 232 valence electrons. The molecule has 3 heterocycles. The summed E-state index contributed by atoms with van der Waals surface area (Å²) in [5.74, 6) is 1.37. The van der Waals surface area contributed by atoms with E-state index in [4.69, 9.17) is 18.9 Å². The Labute approximate surface area is 244 Å². The molecule has 8 heteroatoms. The summed E-state index contributed by atoms with van der Waals surface area (Å²) in [6, 6.07) is 0. The molecule has 0 aromatic carbocycles. The molecule has 7 rings (SSSR count). The first kappa shape index (κ1) is 29.1. The number of carbonyl (C=O) groups is 1. The Bertz CT molecular complexity index is 1050. The van der Waals surface area contributed by atoms with Crippen molar-refractivity contribution in [1.82, 2.24) is 0 Å². The molecule has 3 saturated heterocycles. The highest BCUT2D eigenvalue weighted by Gasteiger charge is 2.69. The number of ketones is 1. The van der Waals surface area contributed by atoms with E-state index in [9.17, 15) is 20.1 Å². The SMILES string of the molecule is CC(C)[C@@H]1O[C@@H]2O[C@H](C)[C@H](O)[C@H](O)[C@H]2O[C@]12C[C@@H](C)[C@H]1[C@H](C[C@H]3[C@@H]4CC(=O)[C@H]5C[C@@H](O)CC[C@]5(C)[C@H]4CC[C@]13C)O2. The van der Waals surface area contributed by atoms with Gasteiger partial charge in [-0.25, -0.2) is 0 Å². The lowest BCUT2D eigenvalue weighted by molar-refractivity contribution is -0.457. The van der Waals surface area contributed by atoms with Crippen LogP contribution in [0.1, 0.15) is 92.9 Å². The molecule has 0 radical (unpaired) electrons. The first-order chi connectivity index (χ1) is 19.3. The smallest absolute Gasteiger partial charge is 0.196 e. The fourth-order valence-corrected chi connectivity index (χ4v) is 11.8. The summed E-state index contributed by atoms with van der Waals surface area (Å²) in [6.45, 7) is 13.1. The van der Waals surface area contributed by atoms with Gasteiger partial charge in [-0.3, -0.25) is 4.79 Å². The Hall–Kier alpha value is -0.610. The van der Waals surface area contributed by atoms with E-state index in [1.165, 1.54) is 0 Å². The molecule has 1 spiro atoms. The summed E-state index contributed by atoms with van der Waals surface area (Å²) in [6.07, 6.45) is 1.84. The predicted octanol–water partition coefficient (Wildman–Crippen LogP) is 3.82. The van der Waals surface area contributed by atoms with E-state index >= 15 is 0 Å². The number of rotatable bonds is 1. The van der Waals surface area contributed by atoms with Gasteiger partial charge < -0.3 is 34.3 Å². The molecule has 7 fully saturated rings. The highest BCUT2D eigenvalue weighted by atomic mass is 16.8. The van der Waals surface area contributed by atoms with E-state index in [-0.39, 0.29) is 41.0 Å². The molecule has 4 saturated carbocycles. The van der Waals surface area contributed by atoms with Crippen LogP contribution in [0.5, 0.6) is 0 Å². The number of hydrogen-bond acceptors (Lipinski definition) is 8. The zero-order valence-corrected chi connectivity index (χ0v) is 25.7. The van der Waals surface area contributed by atoms with Crippen molar-refractivity contribution in [2.45, 2.75) is 148 Å². The third-order valence-corrected chi connectivity index (χ3v) is 13.5. The second kappa shape index (κ2) is 9.69. The monoisotopic (exact) mass is 576 g/mol. The lowest BCUT2D eigenvalue weighted by Gasteiger charge is -2.61. The van der Waals surface area contributed by atoms with Crippen LogP contribution in [0, 0.1) is 52.3 Å². The van der Waals surface area contributed by atoms with Crippen molar-refractivity contribution in [1.29, 1.82) is 0 Å². The van der Waals surface area contributed by atoms with Crippen LogP contribution in [0.4, 0.5) is 0 Å². The van der Waals surface area contributed by atoms with Crippen LogP contribution in [-0.2, 0) is 23.7 Å². The van der Waals surface area contributed by atoms with Gasteiger partial charge in [0.2, 0.25) is 0 Å². The zero-order valence-electron chi connectivity index (χ0n) is 25.7. The van der Waals surface area contributed by atoms with Gasteiger partial charge in [-0.15, -0.1) is 0 Å². The van der Waals surface area contributed by atoms with Crippen LogP contribution < -0.4 is 0 Å². The molecular formula is C33H52O8. The molecule has 0 aromatic heterocycles. The highest BCUT2D eigenvalue weighted by molar-refractivity contribution is 5.83. The minimum atomic E-state index is -1.12. The molecule has 3 N–H and O–H groups in total. The maximum Gasteiger partial charge on any atom is 0.196 e. The van der Waals surface area contributed by atoms with Crippen LogP contribution in [0.2, 0.25) is 0 Å². The van der Waals surface area contributed by atoms with Crippen LogP contribution in [0.15, 0.2) is 0 Å². The van der Waals surface area contributed by atoms with Crippen LogP contribution in [0.3, 0.4) is 0 Å². The number of aliphatic hydroxyl groups excluding tert-OH is 3. The number of aliphatic hydroxyl groups is 3. The summed E-state index contributed by atoms with van der Waals surface area (Å²) in [7, 11) is 0. The van der Waals surface area contributed by atoms with Gasteiger partial charge in [0.1, 0.15) is 30.2 Å². The number of Topliss-reactive ketones (excluding diaryl/α,β-unsaturated/α-hetero) is 1. The van der Waals surface area contributed by atoms with Crippen molar-refractivity contribution in [3.63, 3.8) is 0 Å². The summed E-state index contributed by atoms with van der Waals surface area (Å²) < 4.78 is 26.4. The second-order valence-corrected chi connectivity index (χ2v) is 16.1. The minimum absolute atomic E-state index is 0.00581. The topological polar surface area (TPSA) is 115 Å². The van der Waals surface area contributed by atoms with E-state index < -0.39 is 36.5 Å².